The molecule has 0 radical (unpaired) electrons. The fraction of sp³-hybridized carbons (Fsp3) is 0. The number of sulfonamides is 1. The zero-order valence-corrected chi connectivity index (χ0v) is 18.5. The third-order valence-electron chi connectivity index (χ3n) is 3.83. The van der Waals surface area contributed by atoms with Crippen LogP contribution in [0.4, 0.5) is 5.69 Å². The van der Waals surface area contributed by atoms with Crippen molar-refractivity contribution in [3.8, 4) is 0 Å². The van der Waals surface area contributed by atoms with Gasteiger partial charge in [-0.25, -0.2) is 8.42 Å². The average molecular weight is 521 g/mol. The van der Waals surface area contributed by atoms with Gasteiger partial charge >= 0.3 is 0 Å². The van der Waals surface area contributed by atoms with Crippen LogP contribution in [-0.2, 0) is 10.0 Å². The number of allylic oxidation sites excluding steroid dienone is 1. The molecule has 0 aliphatic rings. The molecule has 0 amide bonds. The van der Waals surface area contributed by atoms with Crippen molar-refractivity contribution < 1.29 is 13.2 Å². The molecule has 4 nitrogen and oxygen atoms in total. The Bertz CT molecular complexity index is 1130. The van der Waals surface area contributed by atoms with E-state index >= 15 is 0 Å². The summed E-state index contributed by atoms with van der Waals surface area (Å²) in [5, 5.41) is 0. The summed E-state index contributed by atoms with van der Waals surface area (Å²) in [6.07, 6.45) is 3.23. The molecule has 3 aromatic rings. The Morgan fingerprint density at radius 1 is 0.893 bits per heavy atom. The Balaban J connectivity index is 1.74. The molecule has 0 aliphatic heterocycles. The van der Waals surface area contributed by atoms with Gasteiger partial charge < -0.3 is 0 Å². The van der Waals surface area contributed by atoms with Crippen molar-refractivity contribution in [2.75, 3.05) is 4.72 Å². The zero-order chi connectivity index (χ0) is 20.1. The third kappa shape index (κ3) is 5.19. The van der Waals surface area contributed by atoms with Gasteiger partial charge in [-0.2, -0.15) is 0 Å². The molecule has 0 unspecified atom stereocenters. The van der Waals surface area contributed by atoms with Crippen molar-refractivity contribution >= 4 is 59.4 Å². The second kappa shape index (κ2) is 8.86. The molecule has 0 saturated carbocycles. The number of carbonyl (C=O) groups excluding carboxylic acids is 1. The Morgan fingerprint density at radius 3 is 2.25 bits per heavy atom. The lowest BCUT2D eigenvalue weighted by molar-refractivity contribution is 0.104. The number of halogens is 2. The normalized spacial score (nSPS) is 11.5. The SMILES string of the molecule is O=C(/C=C/c1ccccc1)c1ccc(NS(=O)(=O)c2cc(Br)ccc2Br)cc1. The Labute approximate surface area is 180 Å². The molecule has 3 rings (SSSR count). The van der Waals surface area contributed by atoms with E-state index in [9.17, 15) is 13.2 Å². The van der Waals surface area contributed by atoms with Crippen LogP contribution in [0.25, 0.3) is 6.08 Å². The Hall–Kier alpha value is -2.22. The second-order valence-electron chi connectivity index (χ2n) is 5.87. The van der Waals surface area contributed by atoms with Gasteiger partial charge in [0.25, 0.3) is 10.0 Å². The summed E-state index contributed by atoms with van der Waals surface area (Å²) in [5.41, 5.74) is 1.77. The van der Waals surface area contributed by atoms with Crippen LogP contribution in [0.15, 0.2) is 92.7 Å². The van der Waals surface area contributed by atoms with Crippen LogP contribution in [0.3, 0.4) is 0 Å². The zero-order valence-electron chi connectivity index (χ0n) is 14.5. The lowest BCUT2D eigenvalue weighted by Crippen LogP contribution is -2.13. The molecular formula is C21H15Br2NO3S. The molecule has 0 heterocycles. The van der Waals surface area contributed by atoms with Crippen LogP contribution in [0.2, 0.25) is 0 Å². The Morgan fingerprint density at radius 2 is 1.57 bits per heavy atom. The molecule has 0 aliphatic carbocycles. The first-order valence-electron chi connectivity index (χ1n) is 8.20. The Kier molecular flexibility index (Phi) is 6.49. The van der Waals surface area contributed by atoms with Crippen molar-refractivity contribution in [1.29, 1.82) is 0 Å². The largest absolute Gasteiger partial charge is 0.289 e. The smallest absolute Gasteiger partial charge is 0.263 e. The standard InChI is InChI=1S/C21H15Br2NO3S/c22-17-9-12-19(23)21(14-17)28(26,27)24-18-10-7-16(8-11-18)20(25)13-6-15-4-2-1-3-5-15/h1-14,24H/b13-6+. The van der Waals surface area contributed by atoms with Crippen molar-refractivity contribution in [1.82, 2.24) is 0 Å². The van der Waals surface area contributed by atoms with Gasteiger partial charge in [-0.15, -0.1) is 0 Å². The summed E-state index contributed by atoms with van der Waals surface area (Å²) >= 11 is 6.53. The van der Waals surface area contributed by atoms with E-state index in [2.05, 4.69) is 36.6 Å². The third-order valence-corrected chi connectivity index (χ3v) is 6.70. The predicted octanol–water partition coefficient (Wildman–Crippen LogP) is 5.91. The summed E-state index contributed by atoms with van der Waals surface area (Å²) < 4.78 is 28.9. The lowest BCUT2D eigenvalue weighted by atomic mass is 10.1. The molecule has 0 aromatic heterocycles. The number of hydrogen-bond donors (Lipinski definition) is 1. The molecule has 7 heteroatoms. The van der Waals surface area contributed by atoms with Gasteiger partial charge in [0.2, 0.25) is 0 Å². The molecule has 0 atom stereocenters. The molecule has 28 heavy (non-hydrogen) atoms. The molecular weight excluding hydrogens is 506 g/mol. The first-order chi connectivity index (χ1) is 13.3. The van der Waals surface area contributed by atoms with Gasteiger partial charge in [0.05, 0.1) is 0 Å². The molecule has 1 N–H and O–H groups in total. The van der Waals surface area contributed by atoms with Crippen LogP contribution in [0.5, 0.6) is 0 Å². The highest BCUT2D eigenvalue weighted by Crippen LogP contribution is 2.27. The van der Waals surface area contributed by atoms with Gasteiger partial charge in [-0.3, -0.25) is 9.52 Å². The van der Waals surface area contributed by atoms with E-state index in [0.717, 1.165) is 5.56 Å². The van der Waals surface area contributed by atoms with Crippen molar-refractivity contribution in [3.63, 3.8) is 0 Å². The lowest BCUT2D eigenvalue weighted by Gasteiger charge is -2.10. The number of benzene rings is 3. The van der Waals surface area contributed by atoms with E-state index in [1.165, 1.54) is 12.1 Å². The van der Waals surface area contributed by atoms with E-state index in [1.807, 2.05) is 30.3 Å². The van der Waals surface area contributed by atoms with Gasteiger partial charge in [0.15, 0.2) is 5.78 Å². The van der Waals surface area contributed by atoms with Crippen LogP contribution in [0.1, 0.15) is 15.9 Å². The van der Waals surface area contributed by atoms with Crippen LogP contribution >= 0.6 is 31.9 Å². The summed E-state index contributed by atoms with van der Waals surface area (Å²) in [4.78, 5) is 12.4. The molecule has 0 spiro atoms. The van der Waals surface area contributed by atoms with E-state index < -0.39 is 10.0 Å². The van der Waals surface area contributed by atoms with Gasteiger partial charge in [-0.1, -0.05) is 52.3 Å². The average Bonchev–Trinajstić information content (AvgIpc) is 2.69. The van der Waals surface area contributed by atoms with E-state index in [-0.39, 0.29) is 10.7 Å². The van der Waals surface area contributed by atoms with Crippen LogP contribution in [-0.4, -0.2) is 14.2 Å². The molecule has 0 bridgehead atoms. The van der Waals surface area contributed by atoms with Crippen molar-refractivity contribution in [2.45, 2.75) is 4.90 Å². The highest BCUT2D eigenvalue weighted by molar-refractivity contribution is 9.11. The highest BCUT2D eigenvalue weighted by atomic mass is 79.9. The number of carbonyl (C=O) groups is 1. The quantitative estimate of drug-likeness (QED) is 0.324. The first kappa shape index (κ1) is 20.5. The van der Waals surface area contributed by atoms with Crippen LogP contribution in [0, 0.1) is 0 Å². The summed E-state index contributed by atoms with van der Waals surface area (Å²) in [7, 11) is -3.77. The van der Waals surface area contributed by atoms with Gasteiger partial charge in [0.1, 0.15) is 4.90 Å². The topological polar surface area (TPSA) is 63.2 Å². The van der Waals surface area contributed by atoms with Crippen molar-refractivity contribution in [3.05, 3.63) is 98.9 Å². The van der Waals surface area contributed by atoms with E-state index in [0.29, 0.717) is 20.2 Å². The maximum Gasteiger partial charge on any atom is 0.263 e. The van der Waals surface area contributed by atoms with E-state index in [4.69, 9.17) is 0 Å². The monoisotopic (exact) mass is 519 g/mol. The number of hydrogen-bond acceptors (Lipinski definition) is 3. The number of nitrogens with one attached hydrogen (secondary N) is 1. The number of rotatable bonds is 6. The summed E-state index contributed by atoms with van der Waals surface area (Å²) in [5.74, 6) is -0.159. The molecule has 3 aromatic carbocycles. The van der Waals surface area contributed by atoms with Gasteiger partial charge in [-0.05, 0) is 70.0 Å². The second-order valence-corrected chi connectivity index (χ2v) is 9.29. The van der Waals surface area contributed by atoms with Gasteiger partial charge in [0, 0.05) is 20.2 Å². The maximum atomic E-state index is 12.6. The fourth-order valence-corrected chi connectivity index (χ4v) is 4.99. The van der Waals surface area contributed by atoms with E-state index in [1.54, 1.807) is 42.5 Å². The molecule has 0 fully saturated rings. The van der Waals surface area contributed by atoms with Crippen molar-refractivity contribution in [2.24, 2.45) is 0 Å². The summed E-state index contributed by atoms with van der Waals surface area (Å²) in [6.45, 7) is 0. The highest BCUT2D eigenvalue weighted by Gasteiger charge is 2.18. The number of ketones is 1. The van der Waals surface area contributed by atoms with Crippen LogP contribution < -0.4 is 4.72 Å². The minimum Gasteiger partial charge on any atom is -0.289 e. The minimum atomic E-state index is -3.77. The maximum absolute atomic E-state index is 12.6. The minimum absolute atomic E-state index is 0.118. The fourth-order valence-electron chi connectivity index (χ4n) is 2.43. The number of anilines is 1. The molecule has 142 valence electrons. The molecule has 0 saturated heterocycles. The summed E-state index contributed by atoms with van der Waals surface area (Å²) in [6, 6.07) is 20.7. The first-order valence-corrected chi connectivity index (χ1v) is 11.3. The predicted molar refractivity (Wildman–Crippen MR) is 119 cm³/mol.